The molecule has 18 heavy (non-hydrogen) atoms. The molecule has 1 heterocycles. The van der Waals surface area contributed by atoms with Gasteiger partial charge in [0.05, 0.1) is 16.8 Å². The molecule has 0 radical (unpaired) electrons. The number of benzene rings is 1. The van der Waals surface area contributed by atoms with Crippen molar-refractivity contribution < 1.29 is 0 Å². The van der Waals surface area contributed by atoms with Gasteiger partial charge < -0.3 is 0 Å². The zero-order valence-electron chi connectivity index (χ0n) is 10.4. The molecule has 1 aromatic carbocycles. The summed E-state index contributed by atoms with van der Waals surface area (Å²) in [5.41, 5.74) is 7.01. The molecule has 94 valence electrons. The molecule has 0 saturated carbocycles. The Morgan fingerprint density at radius 3 is 2.67 bits per heavy atom. The molecule has 1 aromatic heterocycles. The SMILES string of the molecule is Cc1ccc(C(NN)c2ncccc2Cl)c(C)c1. The first-order valence-electron chi connectivity index (χ1n) is 5.77. The number of aryl methyl sites for hydroxylation is 2. The van der Waals surface area contributed by atoms with E-state index in [1.54, 1.807) is 12.3 Å². The molecule has 2 rings (SSSR count). The molecule has 0 aliphatic carbocycles. The predicted molar refractivity (Wildman–Crippen MR) is 74.3 cm³/mol. The van der Waals surface area contributed by atoms with Crippen molar-refractivity contribution in [2.75, 3.05) is 0 Å². The summed E-state index contributed by atoms with van der Waals surface area (Å²) in [6.45, 7) is 4.12. The van der Waals surface area contributed by atoms with Crippen LogP contribution in [0, 0.1) is 13.8 Å². The Hall–Kier alpha value is -1.42. The molecule has 1 unspecified atom stereocenters. The lowest BCUT2D eigenvalue weighted by Gasteiger charge is -2.19. The minimum Gasteiger partial charge on any atom is -0.271 e. The average Bonchev–Trinajstić information content (AvgIpc) is 2.34. The lowest BCUT2D eigenvalue weighted by Crippen LogP contribution is -2.30. The van der Waals surface area contributed by atoms with Gasteiger partial charge in [0.1, 0.15) is 0 Å². The molecule has 3 nitrogen and oxygen atoms in total. The van der Waals surface area contributed by atoms with Crippen LogP contribution in [0.25, 0.3) is 0 Å². The van der Waals surface area contributed by atoms with E-state index in [4.69, 9.17) is 17.4 Å². The van der Waals surface area contributed by atoms with Crippen LogP contribution in [0.3, 0.4) is 0 Å². The summed E-state index contributed by atoms with van der Waals surface area (Å²) in [6, 6.07) is 9.67. The van der Waals surface area contributed by atoms with Gasteiger partial charge in [0.15, 0.2) is 0 Å². The third kappa shape index (κ3) is 2.53. The molecule has 3 N–H and O–H groups in total. The van der Waals surface area contributed by atoms with Crippen molar-refractivity contribution in [1.82, 2.24) is 10.4 Å². The lowest BCUT2D eigenvalue weighted by atomic mass is 9.97. The number of rotatable bonds is 3. The van der Waals surface area contributed by atoms with E-state index in [-0.39, 0.29) is 6.04 Å². The molecule has 4 heteroatoms. The van der Waals surface area contributed by atoms with Crippen molar-refractivity contribution >= 4 is 11.6 Å². The third-order valence-corrected chi connectivity index (χ3v) is 3.28. The number of hydrogen-bond acceptors (Lipinski definition) is 3. The minimum absolute atomic E-state index is 0.195. The van der Waals surface area contributed by atoms with Crippen LogP contribution in [-0.2, 0) is 0 Å². The van der Waals surface area contributed by atoms with E-state index in [0.29, 0.717) is 5.02 Å². The van der Waals surface area contributed by atoms with Crippen LogP contribution >= 0.6 is 11.6 Å². The molecule has 0 aliphatic rings. The second-order valence-corrected chi connectivity index (χ2v) is 4.74. The Labute approximate surface area is 112 Å². The van der Waals surface area contributed by atoms with Crippen LogP contribution in [-0.4, -0.2) is 4.98 Å². The van der Waals surface area contributed by atoms with E-state index >= 15 is 0 Å². The first kappa shape index (κ1) is 13.0. The Morgan fingerprint density at radius 1 is 1.28 bits per heavy atom. The molecule has 0 bridgehead atoms. The highest BCUT2D eigenvalue weighted by molar-refractivity contribution is 6.31. The normalized spacial score (nSPS) is 12.4. The number of aromatic nitrogens is 1. The highest BCUT2D eigenvalue weighted by Crippen LogP contribution is 2.28. The summed E-state index contributed by atoms with van der Waals surface area (Å²) in [7, 11) is 0. The van der Waals surface area contributed by atoms with Crippen LogP contribution in [0.4, 0.5) is 0 Å². The lowest BCUT2D eigenvalue weighted by molar-refractivity contribution is 0.618. The van der Waals surface area contributed by atoms with Gasteiger partial charge in [-0.25, -0.2) is 5.43 Å². The predicted octanol–water partition coefficient (Wildman–Crippen LogP) is 2.90. The van der Waals surface area contributed by atoms with Crippen LogP contribution in [0.1, 0.15) is 28.4 Å². The molecular formula is C14H16ClN3. The van der Waals surface area contributed by atoms with Gasteiger partial charge in [0.25, 0.3) is 0 Å². The topological polar surface area (TPSA) is 50.9 Å². The van der Waals surface area contributed by atoms with Crippen molar-refractivity contribution in [3.63, 3.8) is 0 Å². The zero-order chi connectivity index (χ0) is 13.1. The smallest absolute Gasteiger partial charge is 0.0899 e. The molecule has 0 fully saturated rings. The number of hydrogen-bond donors (Lipinski definition) is 2. The molecule has 1 atom stereocenters. The standard InChI is InChI=1S/C14H16ClN3/c1-9-5-6-11(10(2)8-9)13(18-16)14-12(15)4-3-7-17-14/h3-8,13,18H,16H2,1-2H3. The second kappa shape index (κ2) is 5.48. The molecular weight excluding hydrogens is 246 g/mol. The zero-order valence-corrected chi connectivity index (χ0v) is 11.2. The summed E-state index contributed by atoms with van der Waals surface area (Å²) in [6.07, 6.45) is 1.72. The van der Waals surface area contributed by atoms with E-state index in [1.807, 2.05) is 6.07 Å². The van der Waals surface area contributed by atoms with Crippen LogP contribution in [0.2, 0.25) is 5.02 Å². The third-order valence-electron chi connectivity index (χ3n) is 2.96. The van der Waals surface area contributed by atoms with E-state index < -0.39 is 0 Å². The highest BCUT2D eigenvalue weighted by atomic mass is 35.5. The molecule has 0 aliphatic heterocycles. The summed E-state index contributed by atoms with van der Waals surface area (Å²) >= 11 is 6.17. The summed E-state index contributed by atoms with van der Waals surface area (Å²) in [4.78, 5) is 4.31. The van der Waals surface area contributed by atoms with Gasteiger partial charge in [-0.05, 0) is 37.1 Å². The van der Waals surface area contributed by atoms with E-state index in [1.165, 1.54) is 11.1 Å². The van der Waals surface area contributed by atoms with Crippen molar-refractivity contribution in [3.05, 3.63) is 63.9 Å². The van der Waals surface area contributed by atoms with E-state index in [2.05, 4.69) is 42.5 Å². The molecule has 0 amide bonds. The van der Waals surface area contributed by atoms with E-state index in [9.17, 15) is 0 Å². The average molecular weight is 262 g/mol. The van der Waals surface area contributed by atoms with Crippen LogP contribution < -0.4 is 11.3 Å². The highest BCUT2D eigenvalue weighted by Gasteiger charge is 2.18. The van der Waals surface area contributed by atoms with Gasteiger partial charge in [0.2, 0.25) is 0 Å². The number of pyridine rings is 1. The van der Waals surface area contributed by atoms with Crippen molar-refractivity contribution in [2.24, 2.45) is 5.84 Å². The van der Waals surface area contributed by atoms with Crippen molar-refractivity contribution in [2.45, 2.75) is 19.9 Å². The Kier molecular flexibility index (Phi) is 3.97. The molecule has 0 spiro atoms. The maximum absolute atomic E-state index is 6.17. The second-order valence-electron chi connectivity index (χ2n) is 4.33. The summed E-state index contributed by atoms with van der Waals surface area (Å²) < 4.78 is 0. The largest absolute Gasteiger partial charge is 0.271 e. The maximum atomic E-state index is 6.17. The van der Waals surface area contributed by atoms with Crippen molar-refractivity contribution in [3.8, 4) is 0 Å². The van der Waals surface area contributed by atoms with Gasteiger partial charge >= 0.3 is 0 Å². The molecule has 0 saturated heterocycles. The summed E-state index contributed by atoms with van der Waals surface area (Å²) in [5, 5.41) is 0.612. The number of hydrazine groups is 1. The fraction of sp³-hybridized carbons (Fsp3) is 0.214. The van der Waals surface area contributed by atoms with Crippen LogP contribution in [0.15, 0.2) is 36.5 Å². The fourth-order valence-corrected chi connectivity index (χ4v) is 2.31. The number of nitrogens with zero attached hydrogens (tertiary/aromatic N) is 1. The first-order valence-corrected chi connectivity index (χ1v) is 6.15. The Balaban J connectivity index is 2.49. The quantitative estimate of drug-likeness (QED) is 0.660. The summed E-state index contributed by atoms with van der Waals surface area (Å²) in [5.74, 6) is 5.66. The van der Waals surface area contributed by atoms with Gasteiger partial charge in [-0.2, -0.15) is 0 Å². The van der Waals surface area contributed by atoms with Gasteiger partial charge in [0, 0.05) is 6.20 Å². The van der Waals surface area contributed by atoms with Gasteiger partial charge in [-0.15, -0.1) is 0 Å². The van der Waals surface area contributed by atoms with Gasteiger partial charge in [-0.3, -0.25) is 10.8 Å². The number of nitrogens with one attached hydrogen (secondary N) is 1. The van der Waals surface area contributed by atoms with Crippen LogP contribution in [0.5, 0.6) is 0 Å². The fourth-order valence-electron chi connectivity index (χ4n) is 2.08. The van der Waals surface area contributed by atoms with Gasteiger partial charge in [-0.1, -0.05) is 35.4 Å². The monoisotopic (exact) mass is 261 g/mol. The maximum Gasteiger partial charge on any atom is 0.0899 e. The minimum atomic E-state index is -0.195. The first-order chi connectivity index (χ1) is 8.63. The molecule has 2 aromatic rings. The number of halogens is 1. The Bertz CT molecular complexity index is 554. The Morgan fingerprint density at radius 2 is 2.06 bits per heavy atom. The number of nitrogens with two attached hydrogens (primary N) is 1. The van der Waals surface area contributed by atoms with E-state index in [0.717, 1.165) is 11.3 Å². The van der Waals surface area contributed by atoms with Crippen molar-refractivity contribution in [1.29, 1.82) is 0 Å².